The zero-order valence-electron chi connectivity index (χ0n) is 13.1. The first-order valence-electron chi connectivity index (χ1n) is 8.22. The van der Waals surface area contributed by atoms with Gasteiger partial charge >= 0.3 is 0 Å². The van der Waals surface area contributed by atoms with Crippen LogP contribution in [0.3, 0.4) is 0 Å². The number of likely N-dealkylation sites (tertiary alicyclic amines) is 1. The maximum Gasteiger partial charge on any atom is 0.277 e. The molecule has 1 aromatic rings. The van der Waals surface area contributed by atoms with Gasteiger partial charge in [-0.2, -0.15) is 0 Å². The molecule has 6 nitrogen and oxygen atoms in total. The molecule has 0 bridgehead atoms. The number of rotatable bonds is 6. The molecular formula is C15H24N4O2S. The molecule has 2 fully saturated rings. The SMILES string of the molecule is CC(Sc1nnc(CN2CCCC2)o1)C(=O)NC1CCCC1. The van der Waals surface area contributed by atoms with E-state index in [0.29, 0.717) is 17.2 Å². The monoisotopic (exact) mass is 324 g/mol. The predicted molar refractivity (Wildman–Crippen MR) is 84.5 cm³/mol. The molecule has 1 saturated carbocycles. The summed E-state index contributed by atoms with van der Waals surface area (Å²) in [5.41, 5.74) is 0. The average molecular weight is 324 g/mol. The fourth-order valence-corrected chi connectivity index (χ4v) is 3.78. The number of amides is 1. The Bertz CT molecular complexity index is 495. The third-order valence-electron chi connectivity index (χ3n) is 4.35. The van der Waals surface area contributed by atoms with E-state index in [1.165, 1.54) is 37.4 Å². The van der Waals surface area contributed by atoms with Crippen LogP contribution >= 0.6 is 11.8 Å². The number of carbonyl (C=O) groups excluding carboxylic acids is 1. The lowest BCUT2D eigenvalue weighted by atomic mass is 10.2. The van der Waals surface area contributed by atoms with Crippen molar-refractivity contribution in [3.8, 4) is 0 Å². The van der Waals surface area contributed by atoms with Crippen LogP contribution in [0.5, 0.6) is 0 Å². The van der Waals surface area contributed by atoms with Gasteiger partial charge in [0.1, 0.15) is 0 Å². The van der Waals surface area contributed by atoms with Crippen LogP contribution in [0.15, 0.2) is 9.64 Å². The van der Waals surface area contributed by atoms with Gasteiger partial charge in [0, 0.05) is 6.04 Å². The predicted octanol–water partition coefficient (Wildman–Crippen LogP) is 2.20. The third-order valence-corrected chi connectivity index (χ3v) is 5.29. The standard InChI is InChI=1S/C15H24N4O2S/c1-11(14(20)16-12-6-2-3-7-12)22-15-18-17-13(21-15)10-19-8-4-5-9-19/h11-12H,2-10H2,1H3,(H,16,20). The van der Waals surface area contributed by atoms with E-state index in [0.717, 1.165) is 32.5 Å². The minimum atomic E-state index is -0.208. The number of hydrogen-bond donors (Lipinski definition) is 1. The Hall–Kier alpha value is -1.08. The first-order valence-corrected chi connectivity index (χ1v) is 9.10. The molecule has 1 unspecified atom stereocenters. The van der Waals surface area contributed by atoms with Crippen molar-refractivity contribution >= 4 is 17.7 Å². The first kappa shape index (κ1) is 15.8. The molecule has 3 rings (SSSR count). The minimum absolute atomic E-state index is 0.0659. The van der Waals surface area contributed by atoms with Crippen molar-refractivity contribution in [1.29, 1.82) is 0 Å². The van der Waals surface area contributed by atoms with Crippen molar-refractivity contribution < 1.29 is 9.21 Å². The maximum absolute atomic E-state index is 12.2. The Morgan fingerprint density at radius 3 is 2.77 bits per heavy atom. The number of nitrogens with zero attached hydrogens (tertiary/aromatic N) is 3. The first-order chi connectivity index (χ1) is 10.7. The second-order valence-corrected chi connectivity index (χ2v) is 7.49. The molecule has 22 heavy (non-hydrogen) atoms. The smallest absolute Gasteiger partial charge is 0.277 e. The summed E-state index contributed by atoms with van der Waals surface area (Å²) in [6, 6.07) is 0.351. The molecule has 0 radical (unpaired) electrons. The van der Waals surface area contributed by atoms with E-state index in [2.05, 4.69) is 20.4 Å². The Balaban J connectivity index is 1.47. The average Bonchev–Trinajstić information content (AvgIpc) is 3.22. The highest BCUT2D eigenvalue weighted by Crippen LogP contribution is 2.24. The lowest BCUT2D eigenvalue weighted by Crippen LogP contribution is -2.37. The Morgan fingerprint density at radius 1 is 1.32 bits per heavy atom. The van der Waals surface area contributed by atoms with Crippen LogP contribution in [0.25, 0.3) is 0 Å². The summed E-state index contributed by atoms with van der Waals surface area (Å²) in [5, 5.41) is 11.5. The van der Waals surface area contributed by atoms with E-state index in [-0.39, 0.29) is 11.2 Å². The number of nitrogens with one attached hydrogen (secondary N) is 1. The molecule has 1 saturated heterocycles. The normalized spacial score (nSPS) is 21.3. The van der Waals surface area contributed by atoms with Gasteiger partial charge in [0.25, 0.3) is 5.22 Å². The molecule has 1 aliphatic carbocycles. The zero-order chi connectivity index (χ0) is 15.4. The highest BCUT2D eigenvalue weighted by atomic mass is 32.2. The number of thioether (sulfide) groups is 1. The van der Waals surface area contributed by atoms with Gasteiger partial charge in [-0.05, 0) is 45.7 Å². The molecule has 1 N–H and O–H groups in total. The summed E-state index contributed by atoms with van der Waals surface area (Å²) in [5.74, 6) is 0.712. The fraction of sp³-hybridized carbons (Fsp3) is 0.800. The summed E-state index contributed by atoms with van der Waals surface area (Å²) in [7, 11) is 0. The molecule has 0 aromatic carbocycles. The van der Waals surface area contributed by atoms with E-state index in [1.807, 2.05) is 6.92 Å². The minimum Gasteiger partial charge on any atom is -0.415 e. The molecule has 1 amide bonds. The Kier molecular flexibility index (Phi) is 5.36. The highest BCUT2D eigenvalue weighted by molar-refractivity contribution is 8.00. The molecule has 1 aromatic heterocycles. The van der Waals surface area contributed by atoms with E-state index < -0.39 is 0 Å². The molecule has 2 heterocycles. The second kappa shape index (κ2) is 7.46. The van der Waals surface area contributed by atoms with Crippen LogP contribution in [0, 0.1) is 0 Å². The van der Waals surface area contributed by atoms with Crippen molar-refractivity contribution in [2.75, 3.05) is 13.1 Å². The number of aromatic nitrogens is 2. The van der Waals surface area contributed by atoms with Crippen LogP contribution in [-0.2, 0) is 11.3 Å². The summed E-state index contributed by atoms with van der Waals surface area (Å²) < 4.78 is 5.66. The molecule has 1 aliphatic heterocycles. The number of carbonyl (C=O) groups is 1. The molecule has 2 aliphatic rings. The van der Waals surface area contributed by atoms with Gasteiger partial charge in [-0.25, -0.2) is 0 Å². The number of hydrogen-bond acceptors (Lipinski definition) is 6. The summed E-state index contributed by atoms with van der Waals surface area (Å²) in [4.78, 5) is 14.5. The largest absolute Gasteiger partial charge is 0.415 e. The second-order valence-electron chi connectivity index (χ2n) is 6.20. The highest BCUT2D eigenvalue weighted by Gasteiger charge is 2.23. The zero-order valence-corrected chi connectivity index (χ0v) is 13.9. The molecule has 0 spiro atoms. The van der Waals surface area contributed by atoms with E-state index in [1.54, 1.807) is 0 Å². The summed E-state index contributed by atoms with van der Waals surface area (Å²) in [6.07, 6.45) is 7.13. The van der Waals surface area contributed by atoms with Gasteiger partial charge in [0.05, 0.1) is 11.8 Å². The fourth-order valence-electron chi connectivity index (χ4n) is 3.08. The van der Waals surface area contributed by atoms with Gasteiger partial charge in [-0.1, -0.05) is 24.6 Å². The van der Waals surface area contributed by atoms with Crippen molar-refractivity contribution in [3.05, 3.63) is 5.89 Å². The van der Waals surface area contributed by atoms with Crippen LogP contribution in [0.1, 0.15) is 51.3 Å². The lowest BCUT2D eigenvalue weighted by Gasteiger charge is -2.15. The van der Waals surface area contributed by atoms with Crippen LogP contribution < -0.4 is 5.32 Å². The molecule has 1 atom stereocenters. The van der Waals surface area contributed by atoms with Crippen LogP contribution in [0.2, 0.25) is 0 Å². The topological polar surface area (TPSA) is 71.3 Å². The van der Waals surface area contributed by atoms with Gasteiger partial charge < -0.3 is 9.73 Å². The van der Waals surface area contributed by atoms with Gasteiger partial charge in [0.2, 0.25) is 11.8 Å². The van der Waals surface area contributed by atoms with Gasteiger partial charge in [0.15, 0.2) is 0 Å². The van der Waals surface area contributed by atoms with Crippen LogP contribution in [0.4, 0.5) is 0 Å². The van der Waals surface area contributed by atoms with E-state index >= 15 is 0 Å². The van der Waals surface area contributed by atoms with Crippen molar-refractivity contribution in [2.45, 2.75) is 68.5 Å². The maximum atomic E-state index is 12.2. The lowest BCUT2D eigenvalue weighted by molar-refractivity contribution is -0.120. The van der Waals surface area contributed by atoms with Crippen molar-refractivity contribution in [1.82, 2.24) is 20.4 Å². The molecule has 122 valence electrons. The van der Waals surface area contributed by atoms with Gasteiger partial charge in [-0.3, -0.25) is 9.69 Å². The van der Waals surface area contributed by atoms with Crippen molar-refractivity contribution in [3.63, 3.8) is 0 Å². The van der Waals surface area contributed by atoms with Crippen molar-refractivity contribution in [2.24, 2.45) is 0 Å². The Labute approximate surface area is 135 Å². The quantitative estimate of drug-likeness (QED) is 0.809. The summed E-state index contributed by atoms with van der Waals surface area (Å²) >= 11 is 1.34. The Morgan fingerprint density at radius 2 is 2.05 bits per heavy atom. The van der Waals surface area contributed by atoms with Gasteiger partial charge in [-0.15, -0.1) is 10.2 Å². The molecule has 7 heteroatoms. The van der Waals surface area contributed by atoms with E-state index in [9.17, 15) is 4.79 Å². The van der Waals surface area contributed by atoms with E-state index in [4.69, 9.17) is 4.42 Å². The van der Waals surface area contributed by atoms with Crippen LogP contribution in [-0.4, -0.2) is 45.4 Å². The summed E-state index contributed by atoms with van der Waals surface area (Å²) in [6.45, 7) is 4.81. The molecular weight excluding hydrogens is 300 g/mol. The third kappa shape index (κ3) is 4.23.